The van der Waals surface area contributed by atoms with E-state index in [1.54, 1.807) is 0 Å². The van der Waals surface area contributed by atoms with Crippen LogP contribution >= 0.6 is 0 Å². The maximum Gasteiger partial charge on any atom is 0.0730 e. The molecule has 3 atom stereocenters. The fourth-order valence-electron chi connectivity index (χ4n) is 2.80. The molecule has 15 heavy (non-hydrogen) atoms. The van der Waals surface area contributed by atoms with Crippen molar-refractivity contribution in [1.29, 1.82) is 0 Å². The van der Waals surface area contributed by atoms with E-state index in [0.717, 1.165) is 26.1 Å². The fraction of sp³-hybridized carbons (Fsp3) is 1.00. The molecule has 2 aliphatic rings. The van der Waals surface area contributed by atoms with E-state index in [4.69, 9.17) is 4.74 Å². The molecule has 0 spiro atoms. The van der Waals surface area contributed by atoms with Crippen LogP contribution < -0.4 is 0 Å². The molecule has 3 heteroatoms. The van der Waals surface area contributed by atoms with Gasteiger partial charge in [-0.1, -0.05) is 19.8 Å². The van der Waals surface area contributed by atoms with E-state index < -0.39 is 0 Å². The molecule has 1 saturated heterocycles. The maximum atomic E-state index is 9.72. The second-order valence-electron chi connectivity index (χ2n) is 4.82. The predicted molar refractivity (Wildman–Crippen MR) is 59.9 cm³/mol. The highest BCUT2D eigenvalue weighted by Gasteiger charge is 2.34. The molecule has 0 amide bonds. The van der Waals surface area contributed by atoms with Crippen LogP contribution in [0.15, 0.2) is 0 Å². The lowest BCUT2D eigenvalue weighted by Gasteiger charge is -2.44. The number of nitrogens with zero attached hydrogens (tertiary/aromatic N) is 1. The number of rotatable bonds is 3. The largest absolute Gasteiger partial charge is 0.392 e. The van der Waals surface area contributed by atoms with Crippen LogP contribution in [0.3, 0.4) is 0 Å². The van der Waals surface area contributed by atoms with Crippen LogP contribution in [-0.2, 0) is 4.74 Å². The summed E-state index contributed by atoms with van der Waals surface area (Å²) in [6.45, 7) is 4.72. The average Bonchev–Trinajstić information content (AvgIpc) is 2.29. The van der Waals surface area contributed by atoms with Crippen LogP contribution in [0.2, 0.25) is 0 Å². The number of aliphatic hydroxyl groups is 1. The lowest BCUT2D eigenvalue weighted by atomic mass is 9.90. The van der Waals surface area contributed by atoms with Crippen LogP contribution in [0.4, 0.5) is 0 Å². The molecule has 1 aliphatic carbocycles. The van der Waals surface area contributed by atoms with Gasteiger partial charge in [0.1, 0.15) is 0 Å². The summed E-state index contributed by atoms with van der Waals surface area (Å²) in [5.74, 6) is 0. The molecule has 3 nitrogen and oxygen atoms in total. The topological polar surface area (TPSA) is 32.7 Å². The first kappa shape index (κ1) is 11.4. The van der Waals surface area contributed by atoms with Crippen LogP contribution in [0.25, 0.3) is 0 Å². The summed E-state index contributed by atoms with van der Waals surface area (Å²) in [7, 11) is 0. The van der Waals surface area contributed by atoms with Crippen molar-refractivity contribution in [3.8, 4) is 0 Å². The Balaban J connectivity index is 1.91. The zero-order valence-electron chi connectivity index (χ0n) is 9.69. The summed E-state index contributed by atoms with van der Waals surface area (Å²) in [6, 6.07) is 0.577. The van der Waals surface area contributed by atoms with E-state index >= 15 is 0 Å². The Morgan fingerprint density at radius 2 is 2.20 bits per heavy atom. The summed E-state index contributed by atoms with van der Waals surface area (Å²) in [4.78, 5) is 2.45. The molecule has 1 aliphatic heterocycles. The zero-order chi connectivity index (χ0) is 10.7. The fourth-order valence-corrected chi connectivity index (χ4v) is 2.80. The highest BCUT2D eigenvalue weighted by Crippen LogP contribution is 2.28. The van der Waals surface area contributed by atoms with E-state index in [0.29, 0.717) is 12.1 Å². The van der Waals surface area contributed by atoms with Crippen LogP contribution in [0.5, 0.6) is 0 Å². The van der Waals surface area contributed by atoms with Gasteiger partial charge in [0.25, 0.3) is 0 Å². The van der Waals surface area contributed by atoms with Crippen LogP contribution in [0.1, 0.15) is 39.0 Å². The minimum Gasteiger partial charge on any atom is -0.392 e. The van der Waals surface area contributed by atoms with E-state index in [1.165, 1.54) is 25.7 Å². The first-order chi connectivity index (χ1) is 7.31. The molecule has 1 heterocycles. The second kappa shape index (κ2) is 5.28. The highest BCUT2D eigenvalue weighted by atomic mass is 16.5. The van der Waals surface area contributed by atoms with Gasteiger partial charge in [-0.2, -0.15) is 0 Å². The van der Waals surface area contributed by atoms with Gasteiger partial charge in [0.2, 0.25) is 0 Å². The van der Waals surface area contributed by atoms with E-state index in [-0.39, 0.29) is 6.10 Å². The van der Waals surface area contributed by atoms with Gasteiger partial charge < -0.3 is 9.84 Å². The van der Waals surface area contributed by atoms with Crippen LogP contribution in [-0.4, -0.2) is 48.0 Å². The van der Waals surface area contributed by atoms with Gasteiger partial charge in [0.05, 0.1) is 18.8 Å². The molecule has 0 bridgehead atoms. The molecule has 0 radical (unpaired) electrons. The number of hydrogen-bond acceptors (Lipinski definition) is 3. The van der Waals surface area contributed by atoms with Gasteiger partial charge in [0.15, 0.2) is 0 Å². The number of ether oxygens (including phenoxy) is 1. The first-order valence-corrected chi connectivity index (χ1v) is 6.35. The third-order valence-corrected chi connectivity index (χ3v) is 3.76. The maximum absolute atomic E-state index is 9.72. The number of hydrogen-bond donors (Lipinski definition) is 1. The van der Waals surface area contributed by atoms with E-state index in [2.05, 4.69) is 4.90 Å². The molecule has 88 valence electrons. The second-order valence-corrected chi connectivity index (χ2v) is 4.82. The van der Waals surface area contributed by atoms with Crippen molar-refractivity contribution in [3.05, 3.63) is 0 Å². The Labute approximate surface area is 92.4 Å². The summed E-state index contributed by atoms with van der Waals surface area (Å²) in [5, 5.41) is 9.72. The lowest BCUT2D eigenvalue weighted by molar-refractivity contribution is -0.0972. The molecular formula is C12H23NO2. The molecule has 2 fully saturated rings. The van der Waals surface area contributed by atoms with Gasteiger partial charge in [-0.25, -0.2) is 0 Å². The SMILES string of the molecule is CCC(O)CN1CCOC2CCCCC21. The Kier molecular flexibility index (Phi) is 4.00. The molecule has 0 aromatic heterocycles. The molecule has 2 rings (SSSR count). The summed E-state index contributed by atoms with van der Waals surface area (Å²) < 4.78 is 5.80. The summed E-state index contributed by atoms with van der Waals surface area (Å²) >= 11 is 0. The minimum absolute atomic E-state index is 0.161. The highest BCUT2D eigenvalue weighted by molar-refractivity contribution is 4.88. The van der Waals surface area contributed by atoms with Gasteiger partial charge in [-0.05, 0) is 19.3 Å². The Morgan fingerprint density at radius 1 is 1.40 bits per heavy atom. The predicted octanol–water partition coefficient (Wildman–Crippen LogP) is 1.40. The molecule has 1 N–H and O–H groups in total. The normalized spacial score (nSPS) is 34.8. The summed E-state index contributed by atoms with van der Waals surface area (Å²) in [6.07, 6.45) is 6.23. The third-order valence-electron chi connectivity index (χ3n) is 3.76. The number of aliphatic hydroxyl groups excluding tert-OH is 1. The Bertz CT molecular complexity index is 196. The van der Waals surface area contributed by atoms with Crippen molar-refractivity contribution >= 4 is 0 Å². The van der Waals surface area contributed by atoms with E-state index in [9.17, 15) is 5.11 Å². The smallest absolute Gasteiger partial charge is 0.0730 e. The van der Waals surface area contributed by atoms with Crippen molar-refractivity contribution < 1.29 is 9.84 Å². The first-order valence-electron chi connectivity index (χ1n) is 6.35. The molecule has 3 unspecified atom stereocenters. The molecule has 0 aromatic carbocycles. The van der Waals surface area contributed by atoms with Crippen molar-refractivity contribution in [2.24, 2.45) is 0 Å². The lowest BCUT2D eigenvalue weighted by Crippen LogP contribution is -2.54. The van der Waals surface area contributed by atoms with Gasteiger partial charge in [-0.3, -0.25) is 4.90 Å². The van der Waals surface area contributed by atoms with Gasteiger partial charge in [0, 0.05) is 19.1 Å². The summed E-state index contributed by atoms with van der Waals surface area (Å²) in [5.41, 5.74) is 0. The zero-order valence-corrected chi connectivity index (χ0v) is 9.69. The quantitative estimate of drug-likeness (QED) is 0.769. The average molecular weight is 213 g/mol. The number of morpholine rings is 1. The molecular weight excluding hydrogens is 190 g/mol. The Hall–Kier alpha value is -0.120. The van der Waals surface area contributed by atoms with Crippen molar-refractivity contribution in [1.82, 2.24) is 4.90 Å². The molecule has 0 aromatic rings. The van der Waals surface area contributed by atoms with Crippen molar-refractivity contribution in [3.63, 3.8) is 0 Å². The standard InChI is InChI=1S/C12H23NO2/c1-2-10(14)9-13-7-8-15-12-6-4-3-5-11(12)13/h10-12,14H,2-9H2,1H3. The Morgan fingerprint density at radius 3 is 3.00 bits per heavy atom. The molecule has 1 saturated carbocycles. The van der Waals surface area contributed by atoms with E-state index in [1.807, 2.05) is 6.92 Å². The van der Waals surface area contributed by atoms with Gasteiger partial charge >= 0.3 is 0 Å². The van der Waals surface area contributed by atoms with Crippen molar-refractivity contribution in [2.45, 2.75) is 57.3 Å². The third kappa shape index (κ3) is 2.71. The minimum atomic E-state index is -0.161. The van der Waals surface area contributed by atoms with Crippen LogP contribution in [0, 0.1) is 0 Å². The number of β-amino-alcohol motifs (C(OH)–C–C–N with tert-alkyl or cyclic N) is 1. The van der Waals surface area contributed by atoms with Gasteiger partial charge in [-0.15, -0.1) is 0 Å². The monoisotopic (exact) mass is 213 g/mol. The number of fused-ring (bicyclic) bond motifs is 1. The van der Waals surface area contributed by atoms with Crippen molar-refractivity contribution in [2.75, 3.05) is 19.7 Å².